The first-order valence-electron chi connectivity index (χ1n) is 5.33. The van der Waals surface area contributed by atoms with Crippen molar-refractivity contribution in [3.63, 3.8) is 0 Å². The topological polar surface area (TPSA) is 21.3 Å². The second-order valence-corrected chi connectivity index (χ2v) is 3.56. The molecule has 13 heavy (non-hydrogen) atoms. The van der Waals surface area contributed by atoms with E-state index in [0.717, 1.165) is 19.6 Å². The molecular formula is C11H21NO. The van der Waals surface area contributed by atoms with E-state index in [4.69, 9.17) is 4.74 Å². The summed E-state index contributed by atoms with van der Waals surface area (Å²) in [6, 6.07) is 0.710. The number of rotatable bonds is 6. The van der Waals surface area contributed by atoms with Crippen molar-refractivity contribution in [2.24, 2.45) is 0 Å². The first-order valence-corrected chi connectivity index (χ1v) is 5.33. The molecule has 1 fully saturated rings. The Kier molecular flexibility index (Phi) is 5.09. The van der Waals surface area contributed by atoms with Gasteiger partial charge in [-0.2, -0.15) is 0 Å². The zero-order valence-corrected chi connectivity index (χ0v) is 8.75. The highest BCUT2D eigenvalue weighted by molar-refractivity contribution is 4.87. The normalized spacial score (nSPS) is 27.8. The fourth-order valence-corrected chi connectivity index (χ4v) is 1.64. The van der Waals surface area contributed by atoms with Gasteiger partial charge in [0.15, 0.2) is 0 Å². The highest BCUT2D eigenvalue weighted by Crippen LogP contribution is 2.22. The summed E-state index contributed by atoms with van der Waals surface area (Å²) in [6.45, 7) is 6.09. The molecule has 0 aromatic rings. The van der Waals surface area contributed by atoms with E-state index in [0.29, 0.717) is 12.1 Å². The summed E-state index contributed by atoms with van der Waals surface area (Å²) in [5, 5.41) is 3.51. The lowest BCUT2D eigenvalue weighted by Gasteiger charge is -2.35. The second-order valence-electron chi connectivity index (χ2n) is 3.56. The maximum absolute atomic E-state index is 5.48. The summed E-state index contributed by atoms with van der Waals surface area (Å²) in [4.78, 5) is 0. The minimum Gasteiger partial charge on any atom is -0.378 e. The summed E-state index contributed by atoms with van der Waals surface area (Å²) in [6.07, 6.45) is 8.38. The van der Waals surface area contributed by atoms with E-state index in [2.05, 4.69) is 31.3 Å². The molecule has 2 nitrogen and oxygen atoms in total. The van der Waals surface area contributed by atoms with Crippen LogP contribution in [0.5, 0.6) is 0 Å². The predicted molar refractivity (Wildman–Crippen MR) is 55.9 cm³/mol. The lowest BCUT2D eigenvalue weighted by molar-refractivity contribution is -0.00957. The van der Waals surface area contributed by atoms with Crippen LogP contribution in [0, 0.1) is 0 Å². The average molecular weight is 183 g/mol. The minimum atomic E-state index is 0.532. The van der Waals surface area contributed by atoms with Crippen molar-refractivity contribution in [2.45, 2.75) is 45.3 Å². The van der Waals surface area contributed by atoms with Gasteiger partial charge in [0.05, 0.1) is 6.10 Å². The molecule has 1 aliphatic carbocycles. The van der Waals surface area contributed by atoms with Gasteiger partial charge in [-0.15, -0.1) is 0 Å². The minimum absolute atomic E-state index is 0.532. The van der Waals surface area contributed by atoms with Crippen molar-refractivity contribution in [2.75, 3.05) is 13.2 Å². The van der Waals surface area contributed by atoms with Crippen LogP contribution in [0.15, 0.2) is 12.2 Å². The van der Waals surface area contributed by atoms with Gasteiger partial charge in [0.25, 0.3) is 0 Å². The lowest BCUT2D eigenvalue weighted by atomic mass is 9.89. The monoisotopic (exact) mass is 183 g/mol. The number of hydrogen-bond donors (Lipinski definition) is 1. The molecule has 1 saturated carbocycles. The van der Waals surface area contributed by atoms with Crippen molar-refractivity contribution in [1.29, 1.82) is 0 Å². The van der Waals surface area contributed by atoms with Crippen LogP contribution in [0.2, 0.25) is 0 Å². The zero-order valence-electron chi connectivity index (χ0n) is 8.75. The number of hydrogen-bond acceptors (Lipinski definition) is 2. The van der Waals surface area contributed by atoms with Crippen LogP contribution in [0.4, 0.5) is 0 Å². The van der Waals surface area contributed by atoms with E-state index in [9.17, 15) is 0 Å². The van der Waals surface area contributed by atoms with Gasteiger partial charge in [0, 0.05) is 12.6 Å². The molecule has 0 aromatic heterocycles. The largest absolute Gasteiger partial charge is 0.378 e. The van der Waals surface area contributed by atoms with Gasteiger partial charge in [-0.25, -0.2) is 0 Å². The van der Waals surface area contributed by atoms with Crippen LogP contribution in [-0.4, -0.2) is 25.3 Å². The van der Waals surface area contributed by atoms with Gasteiger partial charge < -0.3 is 10.1 Å². The maximum Gasteiger partial charge on any atom is 0.0604 e. The predicted octanol–water partition coefficient (Wildman–Crippen LogP) is 2.11. The summed E-state index contributed by atoms with van der Waals surface area (Å²) in [7, 11) is 0. The van der Waals surface area contributed by atoms with Crippen LogP contribution in [-0.2, 0) is 4.74 Å². The summed E-state index contributed by atoms with van der Waals surface area (Å²) >= 11 is 0. The van der Waals surface area contributed by atoms with Crippen molar-refractivity contribution < 1.29 is 4.74 Å². The third-order valence-electron chi connectivity index (χ3n) is 2.48. The van der Waals surface area contributed by atoms with E-state index in [-0.39, 0.29) is 0 Å². The number of ether oxygens (including phenoxy) is 1. The molecule has 1 N–H and O–H groups in total. The van der Waals surface area contributed by atoms with Crippen molar-refractivity contribution in [1.82, 2.24) is 5.32 Å². The zero-order chi connectivity index (χ0) is 9.52. The Bertz CT molecular complexity index is 150. The van der Waals surface area contributed by atoms with Crippen LogP contribution < -0.4 is 5.32 Å². The standard InChI is InChI=1S/C11H21NO/c1-3-5-6-7-12-10-8-11(9-10)13-4-2/h3,5,10-12H,4,6-9H2,1-2H3/b5-3+. The molecule has 0 unspecified atom stereocenters. The Balaban J connectivity index is 1.90. The molecule has 1 aliphatic rings. The molecule has 0 amide bonds. The van der Waals surface area contributed by atoms with Crippen LogP contribution in [0.25, 0.3) is 0 Å². The van der Waals surface area contributed by atoms with Crippen LogP contribution in [0.3, 0.4) is 0 Å². The van der Waals surface area contributed by atoms with Gasteiger partial charge in [-0.3, -0.25) is 0 Å². The second kappa shape index (κ2) is 6.17. The number of nitrogens with one attached hydrogen (secondary N) is 1. The molecule has 0 aromatic carbocycles. The quantitative estimate of drug-likeness (QED) is 0.503. The van der Waals surface area contributed by atoms with E-state index in [1.165, 1.54) is 12.8 Å². The third kappa shape index (κ3) is 3.92. The Morgan fingerprint density at radius 3 is 2.85 bits per heavy atom. The maximum atomic E-state index is 5.48. The highest BCUT2D eigenvalue weighted by atomic mass is 16.5. The van der Waals surface area contributed by atoms with Crippen molar-refractivity contribution in [3.8, 4) is 0 Å². The molecule has 0 heterocycles. The van der Waals surface area contributed by atoms with Gasteiger partial charge in [-0.1, -0.05) is 12.2 Å². The van der Waals surface area contributed by atoms with Crippen molar-refractivity contribution in [3.05, 3.63) is 12.2 Å². The fraction of sp³-hybridized carbons (Fsp3) is 0.818. The molecule has 0 spiro atoms. The molecule has 0 radical (unpaired) electrons. The summed E-state index contributed by atoms with van der Waals surface area (Å²) < 4.78 is 5.48. The average Bonchev–Trinajstić information content (AvgIpc) is 2.07. The SMILES string of the molecule is C/C=C/CCNC1CC(OCC)C1. The fourth-order valence-electron chi connectivity index (χ4n) is 1.64. The Morgan fingerprint density at radius 2 is 2.23 bits per heavy atom. The van der Waals surface area contributed by atoms with Crippen LogP contribution >= 0.6 is 0 Å². The molecule has 0 bridgehead atoms. The summed E-state index contributed by atoms with van der Waals surface area (Å²) in [5.74, 6) is 0. The first-order chi connectivity index (χ1) is 6.36. The molecule has 0 aliphatic heterocycles. The lowest BCUT2D eigenvalue weighted by Crippen LogP contribution is -2.45. The molecule has 76 valence electrons. The Morgan fingerprint density at radius 1 is 1.46 bits per heavy atom. The molecule has 1 rings (SSSR count). The van der Waals surface area contributed by atoms with Gasteiger partial charge in [0.1, 0.15) is 0 Å². The van der Waals surface area contributed by atoms with Gasteiger partial charge in [0.2, 0.25) is 0 Å². The van der Waals surface area contributed by atoms with E-state index < -0.39 is 0 Å². The molecular weight excluding hydrogens is 162 g/mol. The van der Waals surface area contributed by atoms with Gasteiger partial charge >= 0.3 is 0 Å². The molecule has 2 heteroatoms. The van der Waals surface area contributed by atoms with E-state index in [1.807, 2.05) is 0 Å². The van der Waals surface area contributed by atoms with E-state index in [1.54, 1.807) is 0 Å². The molecule has 0 atom stereocenters. The van der Waals surface area contributed by atoms with E-state index >= 15 is 0 Å². The van der Waals surface area contributed by atoms with Crippen molar-refractivity contribution >= 4 is 0 Å². The van der Waals surface area contributed by atoms with Crippen LogP contribution in [0.1, 0.15) is 33.1 Å². The highest BCUT2D eigenvalue weighted by Gasteiger charge is 2.28. The number of allylic oxidation sites excluding steroid dienone is 1. The molecule has 0 saturated heterocycles. The summed E-state index contributed by atoms with van der Waals surface area (Å²) in [5.41, 5.74) is 0. The third-order valence-corrected chi connectivity index (χ3v) is 2.48. The Labute approximate surface area is 81.4 Å². The first kappa shape index (κ1) is 10.7. The Hall–Kier alpha value is -0.340. The smallest absolute Gasteiger partial charge is 0.0604 e. The van der Waals surface area contributed by atoms with Gasteiger partial charge in [-0.05, 0) is 39.7 Å².